The minimum absolute atomic E-state index is 0.708. The molecule has 3 rings (SSSR count). The van der Waals surface area contributed by atoms with Gasteiger partial charge < -0.3 is 10.6 Å². The minimum Gasteiger partial charge on any atom is -0.356 e. The number of aromatic nitrogens is 2. The summed E-state index contributed by atoms with van der Waals surface area (Å²) in [5.74, 6) is 2.86. The van der Waals surface area contributed by atoms with Crippen LogP contribution in [0.2, 0.25) is 0 Å². The predicted octanol–water partition coefficient (Wildman–Crippen LogP) is 3.17. The highest BCUT2D eigenvalue weighted by Crippen LogP contribution is 2.22. The molecule has 0 amide bonds. The topological polar surface area (TPSA) is 54.2 Å². The number of benzene rings is 2. The van der Waals surface area contributed by atoms with Gasteiger partial charge in [-0.1, -0.05) is 42.5 Å². The van der Waals surface area contributed by atoms with Crippen LogP contribution in [0.25, 0.3) is 10.8 Å². The van der Waals surface area contributed by atoms with Gasteiger partial charge in [-0.25, -0.2) is 0 Å². The third-order valence-corrected chi connectivity index (χ3v) is 5.27. The SMILES string of the molecule is CN=C(NCCSCc1cccc2ccccc12)NCc1ccnn1C. The van der Waals surface area contributed by atoms with E-state index in [-0.39, 0.29) is 0 Å². The molecule has 1 aromatic heterocycles. The van der Waals surface area contributed by atoms with Crippen LogP contribution in [0.5, 0.6) is 0 Å². The largest absolute Gasteiger partial charge is 0.356 e. The summed E-state index contributed by atoms with van der Waals surface area (Å²) in [4.78, 5) is 4.27. The van der Waals surface area contributed by atoms with E-state index in [0.717, 1.165) is 29.7 Å². The second-order valence-corrected chi connectivity index (χ2v) is 7.09. The summed E-state index contributed by atoms with van der Waals surface area (Å²) in [6, 6.07) is 17.1. The van der Waals surface area contributed by atoms with Crippen LogP contribution in [-0.2, 0) is 19.3 Å². The number of fused-ring (bicyclic) bond motifs is 1. The second-order valence-electron chi connectivity index (χ2n) is 5.99. The van der Waals surface area contributed by atoms with Crippen molar-refractivity contribution in [2.75, 3.05) is 19.3 Å². The molecular weight excluding hydrogens is 342 g/mol. The van der Waals surface area contributed by atoms with Crippen LogP contribution in [0.3, 0.4) is 0 Å². The van der Waals surface area contributed by atoms with Crippen LogP contribution in [0.15, 0.2) is 59.7 Å². The molecule has 0 bridgehead atoms. The predicted molar refractivity (Wildman–Crippen MR) is 112 cm³/mol. The summed E-state index contributed by atoms with van der Waals surface area (Å²) in [5.41, 5.74) is 2.52. The number of nitrogens with one attached hydrogen (secondary N) is 2. The van der Waals surface area contributed by atoms with Crippen LogP contribution >= 0.6 is 11.8 Å². The van der Waals surface area contributed by atoms with Gasteiger partial charge in [-0.05, 0) is 22.4 Å². The number of rotatable bonds is 7. The van der Waals surface area contributed by atoms with Crippen LogP contribution in [0, 0.1) is 0 Å². The zero-order chi connectivity index (χ0) is 18.2. The molecule has 0 aliphatic rings. The number of aliphatic imine (C=N–C) groups is 1. The quantitative estimate of drug-likeness (QED) is 0.383. The fraction of sp³-hybridized carbons (Fsp3) is 0.300. The molecule has 26 heavy (non-hydrogen) atoms. The average molecular weight is 368 g/mol. The Morgan fingerprint density at radius 3 is 2.77 bits per heavy atom. The molecule has 0 radical (unpaired) electrons. The Morgan fingerprint density at radius 2 is 1.96 bits per heavy atom. The Balaban J connectivity index is 1.41. The van der Waals surface area contributed by atoms with Crippen molar-refractivity contribution in [2.24, 2.45) is 12.0 Å². The summed E-state index contributed by atoms with van der Waals surface area (Å²) in [6.45, 7) is 1.58. The van der Waals surface area contributed by atoms with Gasteiger partial charge in [0.1, 0.15) is 0 Å². The van der Waals surface area contributed by atoms with Gasteiger partial charge in [-0.2, -0.15) is 16.9 Å². The zero-order valence-electron chi connectivity index (χ0n) is 15.3. The Morgan fingerprint density at radius 1 is 1.12 bits per heavy atom. The van der Waals surface area contributed by atoms with Crippen molar-refractivity contribution < 1.29 is 0 Å². The number of hydrogen-bond acceptors (Lipinski definition) is 3. The summed E-state index contributed by atoms with van der Waals surface area (Å²) >= 11 is 1.93. The standard InChI is InChI=1S/C20H25N5S/c1-21-20(23-14-18-10-11-24-25(18)2)22-12-13-26-15-17-8-5-7-16-6-3-4-9-19(16)17/h3-11H,12-15H2,1-2H3,(H2,21,22,23). The van der Waals surface area contributed by atoms with Gasteiger partial charge in [0.15, 0.2) is 5.96 Å². The zero-order valence-corrected chi connectivity index (χ0v) is 16.1. The lowest BCUT2D eigenvalue weighted by Gasteiger charge is -2.12. The lowest BCUT2D eigenvalue weighted by atomic mass is 10.1. The van der Waals surface area contributed by atoms with Crippen molar-refractivity contribution in [1.82, 2.24) is 20.4 Å². The molecule has 0 atom stereocenters. The minimum atomic E-state index is 0.708. The fourth-order valence-corrected chi connectivity index (χ4v) is 3.67. The molecular formula is C20H25N5S. The molecule has 0 aliphatic heterocycles. The highest BCUT2D eigenvalue weighted by molar-refractivity contribution is 7.98. The molecule has 0 saturated carbocycles. The van der Waals surface area contributed by atoms with E-state index in [1.807, 2.05) is 29.6 Å². The number of thioether (sulfide) groups is 1. The first-order valence-corrected chi connectivity index (χ1v) is 9.89. The first-order chi connectivity index (χ1) is 12.8. The Labute approximate surface area is 158 Å². The Bertz CT molecular complexity index is 866. The lowest BCUT2D eigenvalue weighted by molar-refractivity contribution is 0.686. The third kappa shape index (κ3) is 4.79. The van der Waals surface area contributed by atoms with Gasteiger partial charge >= 0.3 is 0 Å². The van der Waals surface area contributed by atoms with Crippen LogP contribution in [-0.4, -0.2) is 35.1 Å². The van der Waals surface area contributed by atoms with Gasteiger partial charge in [0.25, 0.3) is 0 Å². The molecule has 1 heterocycles. The van der Waals surface area contributed by atoms with Crippen molar-refractivity contribution in [1.29, 1.82) is 0 Å². The smallest absolute Gasteiger partial charge is 0.191 e. The Hall–Kier alpha value is -2.47. The van der Waals surface area contributed by atoms with Gasteiger partial charge in [0.2, 0.25) is 0 Å². The van der Waals surface area contributed by atoms with Crippen molar-refractivity contribution in [3.8, 4) is 0 Å². The van der Waals surface area contributed by atoms with E-state index in [1.54, 1.807) is 13.2 Å². The number of hydrogen-bond donors (Lipinski definition) is 2. The van der Waals surface area contributed by atoms with E-state index in [1.165, 1.54) is 16.3 Å². The van der Waals surface area contributed by atoms with E-state index in [2.05, 4.69) is 63.2 Å². The lowest BCUT2D eigenvalue weighted by Crippen LogP contribution is -2.38. The molecule has 136 valence electrons. The summed E-state index contributed by atoms with van der Waals surface area (Å²) < 4.78 is 1.86. The van der Waals surface area contributed by atoms with Crippen LogP contribution in [0.1, 0.15) is 11.3 Å². The highest BCUT2D eigenvalue weighted by atomic mass is 32.2. The van der Waals surface area contributed by atoms with E-state index in [0.29, 0.717) is 6.54 Å². The molecule has 3 aromatic rings. The number of nitrogens with zero attached hydrogens (tertiary/aromatic N) is 3. The van der Waals surface area contributed by atoms with Crippen molar-refractivity contribution >= 4 is 28.5 Å². The first kappa shape index (κ1) is 18.3. The maximum absolute atomic E-state index is 4.27. The van der Waals surface area contributed by atoms with E-state index in [9.17, 15) is 0 Å². The normalized spacial score (nSPS) is 11.7. The third-order valence-electron chi connectivity index (χ3n) is 4.26. The number of guanidine groups is 1. The Kier molecular flexibility index (Phi) is 6.55. The molecule has 0 aliphatic carbocycles. The maximum atomic E-state index is 4.27. The van der Waals surface area contributed by atoms with Gasteiger partial charge in [0, 0.05) is 38.3 Å². The van der Waals surface area contributed by atoms with Crippen molar-refractivity contribution in [3.63, 3.8) is 0 Å². The van der Waals surface area contributed by atoms with Gasteiger partial charge in [0.05, 0.1) is 12.2 Å². The average Bonchev–Trinajstić information content (AvgIpc) is 3.09. The fourth-order valence-electron chi connectivity index (χ4n) is 2.81. The second kappa shape index (κ2) is 9.29. The van der Waals surface area contributed by atoms with Gasteiger partial charge in [-0.3, -0.25) is 9.67 Å². The molecule has 0 saturated heterocycles. The van der Waals surface area contributed by atoms with Crippen molar-refractivity contribution in [3.05, 3.63) is 66.0 Å². The molecule has 0 fully saturated rings. The molecule has 2 aromatic carbocycles. The molecule has 0 unspecified atom stereocenters. The van der Waals surface area contributed by atoms with Crippen LogP contribution in [0.4, 0.5) is 0 Å². The summed E-state index contributed by atoms with van der Waals surface area (Å²) in [7, 11) is 3.74. The molecule has 5 nitrogen and oxygen atoms in total. The monoisotopic (exact) mass is 367 g/mol. The van der Waals surface area contributed by atoms with Crippen molar-refractivity contribution in [2.45, 2.75) is 12.3 Å². The van der Waals surface area contributed by atoms with Crippen LogP contribution < -0.4 is 10.6 Å². The van der Waals surface area contributed by atoms with E-state index in [4.69, 9.17) is 0 Å². The van der Waals surface area contributed by atoms with E-state index < -0.39 is 0 Å². The number of aryl methyl sites for hydroxylation is 1. The molecule has 0 spiro atoms. The summed E-state index contributed by atoms with van der Waals surface area (Å²) in [5, 5.41) is 13.5. The van der Waals surface area contributed by atoms with Gasteiger partial charge in [-0.15, -0.1) is 0 Å². The maximum Gasteiger partial charge on any atom is 0.191 e. The highest BCUT2D eigenvalue weighted by Gasteiger charge is 2.02. The first-order valence-electron chi connectivity index (χ1n) is 8.73. The summed E-state index contributed by atoms with van der Waals surface area (Å²) in [6.07, 6.45) is 1.80. The molecule has 2 N–H and O–H groups in total. The molecule has 6 heteroatoms. The van der Waals surface area contributed by atoms with E-state index >= 15 is 0 Å².